The summed E-state index contributed by atoms with van der Waals surface area (Å²) in [6, 6.07) is 13.5. The first-order valence-electron chi connectivity index (χ1n) is 4.88. The number of hydrogen-bond donors (Lipinski definition) is 0. The van der Waals surface area contributed by atoms with Crippen molar-refractivity contribution < 1.29 is 0 Å². The van der Waals surface area contributed by atoms with Gasteiger partial charge in [0.25, 0.3) is 0 Å². The number of aromatic nitrogens is 1. The van der Waals surface area contributed by atoms with E-state index in [1.54, 1.807) is 0 Å². The van der Waals surface area contributed by atoms with Crippen molar-refractivity contribution in [2.75, 3.05) is 0 Å². The van der Waals surface area contributed by atoms with Crippen molar-refractivity contribution in [3.8, 4) is 0 Å². The Hall–Kier alpha value is -1.31. The Morgan fingerprint density at radius 2 is 1.75 bits per heavy atom. The molecule has 0 fully saturated rings. The van der Waals surface area contributed by atoms with E-state index in [-0.39, 0.29) is 0 Å². The Labute approximate surface area is 103 Å². The molecule has 1 nitrogen and oxygen atoms in total. The summed E-state index contributed by atoms with van der Waals surface area (Å²) in [5.74, 6) is 0. The lowest BCUT2D eigenvalue weighted by molar-refractivity contribution is 1.50. The van der Waals surface area contributed by atoms with Gasteiger partial charge >= 0.3 is 0 Å². The second-order valence-corrected chi connectivity index (χ2v) is 4.48. The number of rotatable bonds is 0. The van der Waals surface area contributed by atoms with Crippen LogP contribution in [0, 0.1) is 0 Å². The molecule has 1 heterocycles. The minimum absolute atomic E-state index is 0.666. The topological polar surface area (TPSA) is 12.9 Å². The van der Waals surface area contributed by atoms with Gasteiger partial charge in [0, 0.05) is 15.8 Å². The quantitative estimate of drug-likeness (QED) is 0.525. The van der Waals surface area contributed by atoms with Gasteiger partial charge < -0.3 is 0 Å². The van der Waals surface area contributed by atoms with Crippen LogP contribution in [0.1, 0.15) is 0 Å². The number of pyridine rings is 1. The highest BCUT2D eigenvalue weighted by molar-refractivity contribution is 6.35. The number of fused-ring (bicyclic) bond motifs is 2. The van der Waals surface area contributed by atoms with E-state index >= 15 is 0 Å². The van der Waals surface area contributed by atoms with Crippen molar-refractivity contribution >= 4 is 45.0 Å². The monoisotopic (exact) mass is 247 g/mol. The molecule has 0 aliphatic heterocycles. The number of benzene rings is 2. The highest BCUT2D eigenvalue weighted by Gasteiger charge is 2.03. The lowest BCUT2D eigenvalue weighted by Crippen LogP contribution is -1.83. The minimum Gasteiger partial charge on any atom is -0.246 e. The third-order valence-corrected chi connectivity index (χ3v) is 3.09. The molecule has 0 saturated heterocycles. The molecule has 2 aromatic carbocycles. The van der Waals surface area contributed by atoms with E-state index in [1.165, 1.54) is 0 Å². The number of nitrogens with zero attached hydrogens (tertiary/aromatic N) is 1. The standard InChI is InChI=1S/C13H7Cl2N/c14-10-5-4-8-6-9-2-1-3-11(15)13(9)16-12(8)7-10/h1-7H. The predicted octanol–water partition coefficient (Wildman–Crippen LogP) is 4.69. The van der Waals surface area contributed by atoms with Crippen LogP contribution in [0.15, 0.2) is 42.5 Å². The molecule has 1 aromatic heterocycles. The Morgan fingerprint density at radius 1 is 0.875 bits per heavy atom. The van der Waals surface area contributed by atoms with Gasteiger partial charge in [0.2, 0.25) is 0 Å². The van der Waals surface area contributed by atoms with Gasteiger partial charge in [-0.2, -0.15) is 0 Å². The smallest absolute Gasteiger partial charge is 0.0895 e. The average Bonchev–Trinajstić information content (AvgIpc) is 2.28. The molecule has 0 spiro atoms. The van der Waals surface area contributed by atoms with Gasteiger partial charge in [-0.05, 0) is 24.3 Å². The van der Waals surface area contributed by atoms with E-state index in [2.05, 4.69) is 11.1 Å². The van der Waals surface area contributed by atoms with Crippen molar-refractivity contribution in [3.63, 3.8) is 0 Å². The van der Waals surface area contributed by atoms with Gasteiger partial charge in [0.1, 0.15) is 0 Å². The summed E-state index contributed by atoms with van der Waals surface area (Å²) in [6.45, 7) is 0. The SMILES string of the molecule is Clc1ccc2cc3cccc(Cl)c3nc2c1. The van der Waals surface area contributed by atoms with E-state index < -0.39 is 0 Å². The lowest BCUT2D eigenvalue weighted by Gasteiger charge is -2.03. The maximum absolute atomic E-state index is 6.10. The molecule has 78 valence electrons. The molecular formula is C13H7Cl2N. The van der Waals surface area contributed by atoms with Gasteiger partial charge in [0.05, 0.1) is 16.1 Å². The van der Waals surface area contributed by atoms with Crippen LogP contribution >= 0.6 is 23.2 Å². The molecule has 0 atom stereocenters. The summed E-state index contributed by atoms with van der Waals surface area (Å²) >= 11 is 12.0. The molecule has 3 rings (SSSR count). The third kappa shape index (κ3) is 1.53. The molecule has 0 aliphatic carbocycles. The summed E-state index contributed by atoms with van der Waals surface area (Å²) in [7, 11) is 0. The van der Waals surface area contributed by atoms with E-state index in [0.29, 0.717) is 10.0 Å². The number of hydrogen-bond acceptors (Lipinski definition) is 1. The number of para-hydroxylation sites is 1. The molecule has 16 heavy (non-hydrogen) atoms. The third-order valence-electron chi connectivity index (χ3n) is 2.55. The number of halogens is 2. The van der Waals surface area contributed by atoms with Crippen LogP contribution in [0.3, 0.4) is 0 Å². The van der Waals surface area contributed by atoms with Crippen LogP contribution < -0.4 is 0 Å². The van der Waals surface area contributed by atoms with E-state index in [9.17, 15) is 0 Å². The van der Waals surface area contributed by atoms with Crippen molar-refractivity contribution in [3.05, 3.63) is 52.5 Å². The van der Waals surface area contributed by atoms with Gasteiger partial charge in [-0.15, -0.1) is 0 Å². The lowest BCUT2D eigenvalue weighted by atomic mass is 10.1. The van der Waals surface area contributed by atoms with Crippen LogP contribution in [0.5, 0.6) is 0 Å². The van der Waals surface area contributed by atoms with E-state index in [4.69, 9.17) is 23.2 Å². The summed E-state index contributed by atoms with van der Waals surface area (Å²) in [5.41, 5.74) is 1.69. The Kier molecular flexibility index (Phi) is 2.23. The first kappa shape index (κ1) is 9.88. The fourth-order valence-electron chi connectivity index (χ4n) is 1.79. The molecule has 0 saturated carbocycles. The first-order valence-corrected chi connectivity index (χ1v) is 5.64. The zero-order valence-corrected chi connectivity index (χ0v) is 9.76. The molecule has 3 heteroatoms. The maximum Gasteiger partial charge on any atom is 0.0895 e. The van der Waals surface area contributed by atoms with Crippen LogP contribution in [-0.2, 0) is 0 Å². The zero-order valence-electron chi connectivity index (χ0n) is 8.24. The summed E-state index contributed by atoms with van der Waals surface area (Å²) in [5, 5.41) is 3.47. The average molecular weight is 248 g/mol. The zero-order chi connectivity index (χ0) is 11.1. The van der Waals surface area contributed by atoms with Crippen molar-refractivity contribution in [1.82, 2.24) is 4.98 Å². The minimum atomic E-state index is 0.666. The Morgan fingerprint density at radius 3 is 2.62 bits per heavy atom. The first-order chi connectivity index (χ1) is 7.74. The molecule has 0 aliphatic rings. The van der Waals surface area contributed by atoms with E-state index in [1.807, 2.05) is 36.4 Å². The van der Waals surface area contributed by atoms with E-state index in [0.717, 1.165) is 21.8 Å². The highest BCUT2D eigenvalue weighted by Crippen LogP contribution is 2.26. The maximum atomic E-state index is 6.10. The van der Waals surface area contributed by atoms with Crippen molar-refractivity contribution in [2.24, 2.45) is 0 Å². The second-order valence-electron chi connectivity index (χ2n) is 3.64. The summed E-state index contributed by atoms with van der Waals surface area (Å²) < 4.78 is 0. The van der Waals surface area contributed by atoms with Crippen molar-refractivity contribution in [2.45, 2.75) is 0 Å². The molecule has 0 bridgehead atoms. The van der Waals surface area contributed by atoms with Crippen molar-refractivity contribution in [1.29, 1.82) is 0 Å². The normalized spacial score (nSPS) is 11.1. The molecule has 0 N–H and O–H groups in total. The largest absolute Gasteiger partial charge is 0.246 e. The van der Waals surface area contributed by atoms with Crippen LogP contribution in [0.2, 0.25) is 10.0 Å². The molecular weight excluding hydrogens is 241 g/mol. The van der Waals surface area contributed by atoms with Gasteiger partial charge in [-0.3, -0.25) is 0 Å². The predicted molar refractivity (Wildman–Crippen MR) is 69.3 cm³/mol. The second kappa shape index (κ2) is 3.62. The molecule has 0 amide bonds. The van der Waals surface area contributed by atoms with Crippen LogP contribution in [0.25, 0.3) is 21.8 Å². The fourth-order valence-corrected chi connectivity index (χ4v) is 2.18. The Balaban J connectivity index is 2.49. The molecule has 0 radical (unpaired) electrons. The molecule has 0 unspecified atom stereocenters. The van der Waals surface area contributed by atoms with Crippen LogP contribution in [-0.4, -0.2) is 4.98 Å². The summed E-state index contributed by atoms with van der Waals surface area (Å²) in [4.78, 5) is 4.52. The molecule has 3 aromatic rings. The Bertz CT molecular complexity index is 692. The fraction of sp³-hybridized carbons (Fsp3) is 0. The van der Waals surface area contributed by atoms with Crippen LogP contribution in [0.4, 0.5) is 0 Å². The highest BCUT2D eigenvalue weighted by atomic mass is 35.5. The summed E-state index contributed by atoms with van der Waals surface area (Å²) in [6.07, 6.45) is 0. The van der Waals surface area contributed by atoms with Gasteiger partial charge in [0.15, 0.2) is 0 Å². The van der Waals surface area contributed by atoms with Gasteiger partial charge in [-0.25, -0.2) is 4.98 Å². The van der Waals surface area contributed by atoms with Gasteiger partial charge in [-0.1, -0.05) is 41.4 Å².